The third-order valence-electron chi connectivity index (χ3n) is 2.36. The molecule has 0 saturated heterocycles. The van der Waals surface area contributed by atoms with Crippen molar-refractivity contribution in [2.24, 2.45) is 0 Å². The fraction of sp³-hybridized carbons (Fsp3) is 0.364. The maximum atomic E-state index is 10.6. The number of carboxylic acid groups (broad SMARTS) is 1. The fourth-order valence-corrected chi connectivity index (χ4v) is 1.76. The Morgan fingerprint density at radius 1 is 1.50 bits per heavy atom. The van der Waals surface area contributed by atoms with Crippen LogP contribution >= 0.6 is 0 Å². The van der Waals surface area contributed by atoms with E-state index in [1.807, 2.05) is 18.2 Å². The van der Waals surface area contributed by atoms with Crippen LogP contribution < -0.4 is 4.74 Å². The minimum atomic E-state index is -0.812. The first kappa shape index (κ1) is 9.06. The molecule has 0 spiro atoms. The normalized spacial score (nSPS) is 14.3. The molecular formula is C11H12O3. The summed E-state index contributed by atoms with van der Waals surface area (Å²) in [6, 6.07) is 5.71. The van der Waals surface area contributed by atoms with Gasteiger partial charge in [0.2, 0.25) is 0 Å². The van der Waals surface area contributed by atoms with Crippen LogP contribution in [0.15, 0.2) is 18.2 Å². The summed E-state index contributed by atoms with van der Waals surface area (Å²) in [7, 11) is 0. The smallest absolute Gasteiger partial charge is 0.307 e. The Bertz CT molecular complexity index is 358. The van der Waals surface area contributed by atoms with Crippen molar-refractivity contribution in [2.45, 2.75) is 19.3 Å². The lowest BCUT2D eigenvalue weighted by atomic mass is 10.0. The quantitative estimate of drug-likeness (QED) is 0.774. The van der Waals surface area contributed by atoms with Gasteiger partial charge in [0.1, 0.15) is 5.75 Å². The van der Waals surface area contributed by atoms with E-state index in [0.29, 0.717) is 6.61 Å². The molecule has 0 unspecified atom stereocenters. The monoisotopic (exact) mass is 192 g/mol. The summed E-state index contributed by atoms with van der Waals surface area (Å²) in [6.45, 7) is 0.698. The number of hydrogen-bond acceptors (Lipinski definition) is 2. The molecule has 74 valence electrons. The van der Waals surface area contributed by atoms with Gasteiger partial charge in [-0.25, -0.2) is 0 Å². The highest BCUT2D eigenvalue weighted by Crippen LogP contribution is 2.28. The minimum Gasteiger partial charge on any atom is -0.493 e. The van der Waals surface area contributed by atoms with E-state index in [1.54, 1.807) is 0 Å². The number of aliphatic carboxylic acids is 1. The molecule has 14 heavy (non-hydrogen) atoms. The first-order valence-electron chi connectivity index (χ1n) is 4.73. The van der Waals surface area contributed by atoms with Gasteiger partial charge < -0.3 is 9.84 Å². The summed E-state index contributed by atoms with van der Waals surface area (Å²) in [5, 5.41) is 8.71. The number of carboxylic acids is 1. The SMILES string of the molecule is O=C(O)Cc1cccc2c1OCCC2. The van der Waals surface area contributed by atoms with Crippen LogP contribution in [0.25, 0.3) is 0 Å². The molecule has 1 aliphatic rings. The highest BCUT2D eigenvalue weighted by molar-refractivity contribution is 5.71. The van der Waals surface area contributed by atoms with Gasteiger partial charge in [0.15, 0.2) is 0 Å². The van der Waals surface area contributed by atoms with Gasteiger partial charge in [-0.15, -0.1) is 0 Å². The summed E-state index contributed by atoms with van der Waals surface area (Å²) in [4.78, 5) is 10.6. The van der Waals surface area contributed by atoms with E-state index in [0.717, 1.165) is 29.7 Å². The number of benzene rings is 1. The number of fused-ring (bicyclic) bond motifs is 1. The Balaban J connectivity index is 2.35. The van der Waals surface area contributed by atoms with Crippen LogP contribution in [0.4, 0.5) is 0 Å². The molecular weight excluding hydrogens is 180 g/mol. The largest absolute Gasteiger partial charge is 0.493 e. The van der Waals surface area contributed by atoms with E-state index in [9.17, 15) is 4.79 Å². The molecule has 0 aliphatic carbocycles. The Hall–Kier alpha value is -1.51. The molecule has 1 aliphatic heterocycles. The Kier molecular flexibility index (Phi) is 2.39. The fourth-order valence-electron chi connectivity index (χ4n) is 1.76. The van der Waals surface area contributed by atoms with Crippen molar-refractivity contribution in [3.8, 4) is 5.75 Å². The molecule has 3 heteroatoms. The predicted molar refractivity (Wildman–Crippen MR) is 51.6 cm³/mol. The Morgan fingerprint density at radius 2 is 2.36 bits per heavy atom. The summed E-state index contributed by atoms with van der Waals surface area (Å²) in [5.41, 5.74) is 1.92. The summed E-state index contributed by atoms with van der Waals surface area (Å²) < 4.78 is 5.49. The highest BCUT2D eigenvalue weighted by Gasteiger charge is 2.15. The van der Waals surface area contributed by atoms with E-state index in [-0.39, 0.29) is 6.42 Å². The maximum Gasteiger partial charge on any atom is 0.307 e. The molecule has 0 aromatic heterocycles. The summed E-state index contributed by atoms with van der Waals surface area (Å²) in [5.74, 6) is -0.0197. The second-order valence-electron chi connectivity index (χ2n) is 3.43. The Labute approximate surface area is 82.3 Å². The number of aryl methyl sites for hydroxylation is 1. The average molecular weight is 192 g/mol. The Morgan fingerprint density at radius 3 is 3.14 bits per heavy atom. The van der Waals surface area contributed by atoms with E-state index >= 15 is 0 Å². The zero-order valence-electron chi connectivity index (χ0n) is 7.82. The van der Waals surface area contributed by atoms with Gasteiger partial charge in [-0.05, 0) is 18.4 Å². The molecule has 3 nitrogen and oxygen atoms in total. The number of rotatable bonds is 2. The van der Waals surface area contributed by atoms with Gasteiger partial charge in [-0.1, -0.05) is 18.2 Å². The van der Waals surface area contributed by atoms with Crippen LogP contribution in [-0.2, 0) is 17.6 Å². The average Bonchev–Trinajstić information content (AvgIpc) is 2.18. The number of hydrogen-bond donors (Lipinski definition) is 1. The molecule has 0 amide bonds. The van der Waals surface area contributed by atoms with Crippen molar-refractivity contribution in [3.05, 3.63) is 29.3 Å². The van der Waals surface area contributed by atoms with E-state index in [2.05, 4.69) is 0 Å². The number of para-hydroxylation sites is 1. The predicted octanol–water partition coefficient (Wildman–Crippen LogP) is 1.64. The number of ether oxygens (including phenoxy) is 1. The van der Waals surface area contributed by atoms with E-state index in [1.165, 1.54) is 0 Å². The van der Waals surface area contributed by atoms with Crippen LogP contribution in [0.2, 0.25) is 0 Å². The molecule has 0 atom stereocenters. The lowest BCUT2D eigenvalue weighted by Crippen LogP contribution is -2.12. The molecule has 1 aromatic rings. The van der Waals surface area contributed by atoms with Crippen molar-refractivity contribution in [2.75, 3.05) is 6.61 Å². The van der Waals surface area contributed by atoms with Crippen molar-refractivity contribution < 1.29 is 14.6 Å². The first-order chi connectivity index (χ1) is 6.77. The molecule has 0 radical (unpaired) electrons. The second kappa shape index (κ2) is 3.70. The number of carbonyl (C=O) groups is 1. The molecule has 0 saturated carbocycles. The highest BCUT2D eigenvalue weighted by atomic mass is 16.5. The van der Waals surface area contributed by atoms with Gasteiger partial charge in [-0.3, -0.25) is 4.79 Å². The van der Waals surface area contributed by atoms with E-state index < -0.39 is 5.97 Å². The molecule has 2 rings (SSSR count). The third kappa shape index (κ3) is 1.71. The van der Waals surface area contributed by atoms with E-state index in [4.69, 9.17) is 9.84 Å². The van der Waals surface area contributed by atoms with Crippen LogP contribution in [-0.4, -0.2) is 17.7 Å². The van der Waals surface area contributed by atoms with Crippen molar-refractivity contribution >= 4 is 5.97 Å². The zero-order valence-corrected chi connectivity index (χ0v) is 7.82. The maximum absolute atomic E-state index is 10.6. The summed E-state index contributed by atoms with van der Waals surface area (Å²) in [6.07, 6.45) is 2.05. The lowest BCUT2D eigenvalue weighted by molar-refractivity contribution is -0.136. The van der Waals surface area contributed by atoms with Crippen LogP contribution in [0.5, 0.6) is 5.75 Å². The van der Waals surface area contributed by atoms with Crippen LogP contribution in [0, 0.1) is 0 Å². The van der Waals surface area contributed by atoms with Crippen LogP contribution in [0.1, 0.15) is 17.5 Å². The first-order valence-corrected chi connectivity index (χ1v) is 4.73. The van der Waals surface area contributed by atoms with Gasteiger partial charge in [0.05, 0.1) is 13.0 Å². The van der Waals surface area contributed by atoms with Crippen LogP contribution in [0.3, 0.4) is 0 Å². The van der Waals surface area contributed by atoms with Gasteiger partial charge in [0.25, 0.3) is 0 Å². The van der Waals surface area contributed by atoms with Gasteiger partial charge in [-0.2, -0.15) is 0 Å². The van der Waals surface area contributed by atoms with Crippen molar-refractivity contribution in [3.63, 3.8) is 0 Å². The van der Waals surface area contributed by atoms with Gasteiger partial charge >= 0.3 is 5.97 Å². The molecule has 1 aromatic carbocycles. The van der Waals surface area contributed by atoms with Gasteiger partial charge in [0, 0.05) is 5.56 Å². The summed E-state index contributed by atoms with van der Waals surface area (Å²) >= 11 is 0. The standard InChI is InChI=1S/C11H12O3/c12-10(13)7-9-4-1-3-8-5-2-6-14-11(8)9/h1,3-4H,2,5-7H2,(H,12,13). The molecule has 1 heterocycles. The molecule has 1 N–H and O–H groups in total. The topological polar surface area (TPSA) is 46.5 Å². The van der Waals surface area contributed by atoms with Crippen molar-refractivity contribution in [1.82, 2.24) is 0 Å². The molecule has 0 bridgehead atoms. The van der Waals surface area contributed by atoms with Crippen molar-refractivity contribution in [1.29, 1.82) is 0 Å². The third-order valence-corrected chi connectivity index (χ3v) is 2.36. The minimum absolute atomic E-state index is 0.0448. The zero-order chi connectivity index (χ0) is 9.97. The molecule has 0 fully saturated rings. The lowest BCUT2D eigenvalue weighted by Gasteiger charge is -2.19. The second-order valence-corrected chi connectivity index (χ2v) is 3.43.